The first kappa shape index (κ1) is 17.7. The zero-order valence-corrected chi connectivity index (χ0v) is 14.6. The molecule has 0 bridgehead atoms. The number of nitrogens with one attached hydrogen (secondary N) is 2. The number of amides is 1. The first-order chi connectivity index (χ1) is 11.2. The summed E-state index contributed by atoms with van der Waals surface area (Å²) in [6.07, 6.45) is 8.08. The van der Waals surface area contributed by atoms with Gasteiger partial charge < -0.3 is 10.1 Å². The number of unbranched alkanes of at least 4 members (excludes halogenated alkanes) is 1. The van der Waals surface area contributed by atoms with Crippen molar-refractivity contribution in [3.63, 3.8) is 0 Å². The Morgan fingerprint density at radius 1 is 1.30 bits per heavy atom. The number of hydrogen-bond donors (Lipinski definition) is 2. The molecule has 23 heavy (non-hydrogen) atoms. The van der Waals surface area contributed by atoms with Crippen LogP contribution in [0.25, 0.3) is 0 Å². The van der Waals surface area contributed by atoms with Crippen LogP contribution in [0.1, 0.15) is 62.2 Å². The molecule has 1 fully saturated rings. The van der Waals surface area contributed by atoms with Gasteiger partial charge in [0.2, 0.25) is 0 Å². The monoisotopic (exact) mass is 334 g/mol. The van der Waals surface area contributed by atoms with E-state index in [-0.39, 0.29) is 5.91 Å². The quantitative estimate of drug-likeness (QED) is 0.614. The summed E-state index contributed by atoms with van der Waals surface area (Å²) in [4.78, 5) is 12.3. The number of ether oxygens (including phenoxy) is 1. The van der Waals surface area contributed by atoms with Gasteiger partial charge in [-0.3, -0.25) is 10.1 Å². The van der Waals surface area contributed by atoms with Crippen LogP contribution < -0.4 is 15.4 Å². The van der Waals surface area contributed by atoms with Gasteiger partial charge in [0.15, 0.2) is 5.11 Å². The van der Waals surface area contributed by atoms with E-state index in [1.54, 1.807) is 12.1 Å². The first-order valence-electron chi connectivity index (χ1n) is 8.53. The van der Waals surface area contributed by atoms with Crippen molar-refractivity contribution in [3.05, 3.63) is 29.8 Å². The van der Waals surface area contributed by atoms with E-state index in [9.17, 15) is 4.79 Å². The van der Waals surface area contributed by atoms with Crippen molar-refractivity contribution in [2.75, 3.05) is 6.61 Å². The minimum Gasteiger partial charge on any atom is -0.494 e. The molecule has 0 unspecified atom stereocenters. The minimum atomic E-state index is -0.195. The predicted octanol–water partition coefficient (Wildman–Crippen LogP) is 3.80. The van der Waals surface area contributed by atoms with Gasteiger partial charge in [-0.1, -0.05) is 38.7 Å². The van der Waals surface area contributed by atoms with Gasteiger partial charge >= 0.3 is 0 Å². The second-order valence-corrected chi connectivity index (χ2v) is 6.40. The third-order valence-corrected chi connectivity index (χ3v) is 4.25. The van der Waals surface area contributed by atoms with E-state index in [2.05, 4.69) is 17.6 Å². The molecule has 0 saturated heterocycles. The third-order valence-electron chi connectivity index (χ3n) is 4.03. The van der Waals surface area contributed by atoms with Gasteiger partial charge in [0, 0.05) is 11.6 Å². The highest BCUT2D eigenvalue weighted by Gasteiger charge is 2.15. The maximum absolute atomic E-state index is 12.3. The summed E-state index contributed by atoms with van der Waals surface area (Å²) in [6.45, 7) is 2.79. The average Bonchev–Trinajstić information content (AvgIpc) is 2.56. The van der Waals surface area contributed by atoms with E-state index >= 15 is 0 Å². The van der Waals surface area contributed by atoms with Crippen LogP contribution in [0.2, 0.25) is 0 Å². The topological polar surface area (TPSA) is 50.4 Å². The van der Waals surface area contributed by atoms with E-state index in [4.69, 9.17) is 17.0 Å². The molecule has 0 aromatic heterocycles. The molecule has 0 aliphatic heterocycles. The Morgan fingerprint density at radius 2 is 2.09 bits per heavy atom. The lowest BCUT2D eigenvalue weighted by Gasteiger charge is -2.24. The Balaban J connectivity index is 1.84. The molecule has 126 valence electrons. The van der Waals surface area contributed by atoms with Crippen molar-refractivity contribution >= 4 is 23.2 Å². The highest BCUT2D eigenvalue weighted by atomic mass is 32.1. The molecule has 1 aliphatic carbocycles. The Kier molecular flexibility index (Phi) is 7.33. The van der Waals surface area contributed by atoms with Crippen molar-refractivity contribution in [2.24, 2.45) is 0 Å². The SMILES string of the molecule is CCCCOc1cccc(C(=O)NC(=S)NC2CCCCC2)c1. The predicted molar refractivity (Wildman–Crippen MR) is 96.9 cm³/mol. The van der Waals surface area contributed by atoms with Crippen LogP contribution in [0.3, 0.4) is 0 Å². The van der Waals surface area contributed by atoms with Crippen molar-refractivity contribution < 1.29 is 9.53 Å². The lowest BCUT2D eigenvalue weighted by atomic mass is 9.96. The zero-order chi connectivity index (χ0) is 16.5. The van der Waals surface area contributed by atoms with E-state index in [0.29, 0.717) is 23.3 Å². The average molecular weight is 334 g/mol. The van der Waals surface area contributed by atoms with Crippen LogP contribution >= 0.6 is 12.2 Å². The van der Waals surface area contributed by atoms with Gasteiger partial charge in [0.05, 0.1) is 6.61 Å². The first-order valence-corrected chi connectivity index (χ1v) is 8.94. The van der Waals surface area contributed by atoms with Crippen LogP contribution in [-0.2, 0) is 0 Å². The molecule has 1 aliphatic rings. The number of thiocarbonyl (C=S) groups is 1. The lowest BCUT2D eigenvalue weighted by molar-refractivity contribution is 0.0976. The third kappa shape index (κ3) is 6.18. The molecule has 2 N–H and O–H groups in total. The fourth-order valence-corrected chi connectivity index (χ4v) is 2.96. The summed E-state index contributed by atoms with van der Waals surface area (Å²) in [6, 6.07) is 7.61. The number of rotatable bonds is 6. The highest BCUT2D eigenvalue weighted by molar-refractivity contribution is 7.80. The van der Waals surface area contributed by atoms with Crippen molar-refractivity contribution in [1.82, 2.24) is 10.6 Å². The molecule has 1 amide bonds. The molecule has 0 heterocycles. The largest absolute Gasteiger partial charge is 0.494 e. The molecule has 1 aromatic carbocycles. The second-order valence-electron chi connectivity index (χ2n) is 5.99. The highest BCUT2D eigenvalue weighted by Crippen LogP contribution is 2.17. The normalized spacial score (nSPS) is 15.0. The fraction of sp³-hybridized carbons (Fsp3) is 0.556. The van der Waals surface area contributed by atoms with Crippen molar-refractivity contribution in [3.8, 4) is 5.75 Å². The van der Waals surface area contributed by atoms with Crippen LogP contribution in [-0.4, -0.2) is 23.7 Å². The molecule has 0 radical (unpaired) electrons. The number of benzene rings is 1. The standard InChI is InChI=1S/C18H26N2O2S/c1-2-3-12-22-16-11-7-8-14(13-16)17(21)20-18(23)19-15-9-5-4-6-10-15/h7-8,11,13,15H,2-6,9-10,12H2,1H3,(H2,19,20,21,23). The molecule has 0 spiro atoms. The Morgan fingerprint density at radius 3 is 2.83 bits per heavy atom. The maximum Gasteiger partial charge on any atom is 0.257 e. The van der Waals surface area contributed by atoms with E-state index in [1.807, 2.05) is 12.1 Å². The molecule has 4 nitrogen and oxygen atoms in total. The summed E-state index contributed by atoms with van der Waals surface area (Å²) in [5.74, 6) is 0.525. The molecule has 0 atom stereocenters. The zero-order valence-electron chi connectivity index (χ0n) is 13.8. The molecule has 5 heteroatoms. The van der Waals surface area contributed by atoms with E-state index in [1.165, 1.54) is 19.3 Å². The minimum absolute atomic E-state index is 0.195. The van der Waals surface area contributed by atoms with E-state index in [0.717, 1.165) is 31.4 Å². The molecule has 2 rings (SSSR count). The van der Waals surface area contributed by atoms with Gasteiger partial charge in [-0.05, 0) is 49.7 Å². The smallest absolute Gasteiger partial charge is 0.257 e. The van der Waals surface area contributed by atoms with Crippen LogP contribution in [0, 0.1) is 0 Å². The van der Waals surface area contributed by atoms with Crippen molar-refractivity contribution in [2.45, 2.75) is 57.9 Å². The van der Waals surface area contributed by atoms with E-state index < -0.39 is 0 Å². The summed E-state index contributed by atoms with van der Waals surface area (Å²) in [7, 11) is 0. The van der Waals surface area contributed by atoms with Crippen LogP contribution in [0.15, 0.2) is 24.3 Å². The van der Waals surface area contributed by atoms with Crippen LogP contribution in [0.4, 0.5) is 0 Å². The molecule has 1 saturated carbocycles. The molecule has 1 aromatic rings. The van der Waals surface area contributed by atoms with Gasteiger partial charge in [0.1, 0.15) is 5.75 Å². The van der Waals surface area contributed by atoms with Crippen LogP contribution in [0.5, 0.6) is 5.75 Å². The lowest BCUT2D eigenvalue weighted by Crippen LogP contribution is -2.45. The van der Waals surface area contributed by atoms with Gasteiger partial charge in [-0.15, -0.1) is 0 Å². The maximum atomic E-state index is 12.3. The number of carbonyl (C=O) groups is 1. The number of hydrogen-bond acceptors (Lipinski definition) is 3. The summed E-state index contributed by atoms with van der Waals surface area (Å²) >= 11 is 5.26. The number of carbonyl (C=O) groups excluding carboxylic acids is 1. The Hall–Kier alpha value is -1.62. The van der Waals surface area contributed by atoms with Gasteiger partial charge in [-0.25, -0.2) is 0 Å². The second kappa shape index (κ2) is 9.50. The Labute approximate surface area is 144 Å². The summed E-state index contributed by atoms with van der Waals surface area (Å²) in [5.41, 5.74) is 0.562. The summed E-state index contributed by atoms with van der Waals surface area (Å²) < 4.78 is 5.64. The van der Waals surface area contributed by atoms with Gasteiger partial charge in [0.25, 0.3) is 5.91 Å². The molecular weight excluding hydrogens is 308 g/mol. The Bertz CT molecular complexity index is 528. The van der Waals surface area contributed by atoms with Gasteiger partial charge in [-0.2, -0.15) is 0 Å². The van der Waals surface area contributed by atoms with Crippen molar-refractivity contribution in [1.29, 1.82) is 0 Å². The fourth-order valence-electron chi connectivity index (χ4n) is 2.71. The summed E-state index contributed by atoms with van der Waals surface area (Å²) in [5, 5.41) is 6.42. The molecular formula is C18H26N2O2S.